The van der Waals surface area contributed by atoms with E-state index in [-0.39, 0.29) is 35.0 Å². The zero-order valence-corrected chi connectivity index (χ0v) is 14.4. The van der Waals surface area contributed by atoms with Gasteiger partial charge in [0.2, 0.25) is 6.08 Å². The number of nitrogens with one attached hydrogen (secondary N) is 4. The maximum absolute atomic E-state index is 12.1. The summed E-state index contributed by atoms with van der Waals surface area (Å²) in [7, 11) is 0. The van der Waals surface area contributed by atoms with Crippen LogP contribution in [0.5, 0.6) is 0 Å². The van der Waals surface area contributed by atoms with Gasteiger partial charge < -0.3 is 15.7 Å². The third-order valence-corrected chi connectivity index (χ3v) is 4.40. The first-order valence-electron chi connectivity index (χ1n) is 8.06. The van der Waals surface area contributed by atoms with Gasteiger partial charge in [-0.15, -0.1) is 0 Å². The number of amides is 2. The summed E-state index contributed by atoms with van der Waals surface area (Å²) in [5, 5.41) is 10.8. The van der Waals surface area contributed by atoms with Crippen molar-refractivity contribution in [2.24, 2.45) is 15.8 Å². The standard InChI is InChI=1S/C16H25N5O3/c1-15(2)5-12(6-16(3,8-15)9-17-10-22)19-14(24)18-7-11-4-13(23)21-20-11/h4,12H,5-9H2,1-3H3,(H2,18,19,24)(H2,20,21,23). The summed E-state index contributed by atoms with van der Waals surface area (Å²) in [6, 6.07) is 1.13. The van der Waals surface area contributed by atoms with Gasteiger partial charge in [0.1, 0.15) is 0 Å². The lowest BCUT2D eigenvalue weighted by Crippen LogP contribution is -2.50. The topological polar surface area (TPSA) is 119 Å². The molecule has 8 nitrogen and oxygen atoms in total. The van der Waals surface area contributed by atoms with Crippen LogP contribution in [0.2, 0.25) is 0 Å². The van der Waals surface area contributed by atoms with E-state index in [9.17, 15) is 14.4 Å². The number of carbonyl (C=O) groups excluding carboxylic acids is 2. The van der Waals surface area contributed by atoms with Crippen LogP contribution < -0.4 is 16.2 Å². The molecule has 0 saturated heterocycles. The lowest BCUT2D eigenvalue weighted by molar-refractivity contribution is 0.0807. The molecule has 2 unspecified atom stereocenters. The third-order valence-electron chi connectivity index (χ3n) is 4.40. The van der Waals surface area contributed by atoms with E-state index in [2.05, 4.69) is 46.6 Å². The van der Waals surface area contributed by atoms with E-state index in [1.807, 2.05) is 0 Å². The highest BCUT2D eigenvalue weighted by Crippen LogP contribution is 2.46. The van der Waals surface area contributed by atoms with Crippen molar-refractivity contribution in [1.29, 1.82) is 0 Å². The van der Waals surface area contributed by atoms with Crippen LogP contribution >= 0.6 is 0 Å². The second-order valence-electron chi connectivity index (χ2n) is 7.78. The minimum Gasteiger partial charge on any atom is -0.335 e. The first-order valence-corrected chi connectivity index (χ1v) is 8.06. The first kappa shape index (κ1) is 18.0. The van der Waals surface area contributed by atoms with Gasteiger partial charge in [0, 0.05) is 12.1 Å². The molecule has 2 atom stereocenters. The lowest BCUT2D eigenvalue weighted by atomic mass is 9.62. The molecule has 2 rings (SSSR count). The first-order chi connectivity index (χ1) is 11.2. The average Bonchev–Trinajstić information content (AvgIpc) is 2.86. The quantitative estimate of drug-likeness (QED) is 0.481. The maximum Gasteiger partial charge on any atom is 0.315 e. The Kier molecular flexibility index (Phi) is 5.29. The SMILES string of the molecule is CC1(C)CC(NC(=O)NCc2cc(=O)[nH][nH]2)CC(C)(CN=C=O)C1. The van der Waals surface area contributed by atoms with Gasteiger partial charge in [-0.05, 0) is 30.1 Å². The number of urea groups is 1. The van der Waals surface area contributed by atoms with E-state index in [1.54, 1.807) is 6.08 Å². The molecule has 24 heavy (non-hydrogen) atoms. The van der Waals surface area contributed by atoms with Crippen molar-refractivity contribution in [1.82, 2.24) is 20.8 Å². The number of H-pyrrole nitrogens is 2. The molecule has 1 aliphatic carbocycles. The molecular weight excluding hydrogens is 310 g/mol. The number of rotatable bonds is 5. The maximum atomic E-state index is 12.1. The Hall–Kier alpha value is -2.34. The van der Waals surface area contributed by atoms with Crippen molar-refractivity contribution in [2.75, 3.05) is 6.54 Å². The molecule has 0 aliphatic heterocycles. The van der Waals surface area contributed by atoms with Crippen LogP contribution in [0.3, 0.4) is 0 Å². The number of aliphatic imine (C=N–C) groups is 1. The normalized spacial score (nSPS) is 25.5. The highest BCUT2D eigenvalue weighted by atomic mass is 16.2. The molecule has 1 heterocycles. The summed E-state index contributed by atoms with van der Waals surface area (Å²) in [4.78, 5) is 37.3. The molecule has 1 aromatic heterocycles. The highest BCUT2D eigenvalue weighted by molar-refractivity contribution is 5.74. The minimum atomic E-state index is -0.277. The van der Waals surface area contributed by atoms with Crippen LogP contribution in [0.15, 0.2) is 15.9 Å². The zero-order chi connectivity index (χ0) is 17.8. The molecular formula is C16H25N5O3. The fraction of sp³-hybridized carbons (Fsp3) is 0.688. The van der Waals surface area contributed by atoms with Gasteiger partial charge in [0.25, 0.3) is 5.56 Å². The zero-order valence-electron chi connectivity index (χ0n) is 14.4. The Morgan fingerprint density at radius 2 is 2.12 bits per heavy atom. The van der Waals surface area contributed by atoms with Gasteiger partial charge in [-0.25, -0.2) is 14.6 Å². The summed E-state index contributed by atoms with van der Waals surface area (Å²) in [5.74, 6) is 0. The molecule has 0 bridgehead atoms. The second-order valence-corrected chi connectivity index (χ2v) is 7.78. The Bertz CT molecular complexity index is 686. The van der Waals surface area contributed by atoms with Crippen molar-refractivity contribution in [3.63, 3.8) is 0 Å². The van der Waals surface area contributed by atoms with Crippen LogP contribution in [0, 0.1) is 10.8 Å². The fourth-order valence-electron chi connectivity index (χ4n) is 3.96. The molecule has 1 aromatic rings. The summed E-state index contributed by atoms with van der Waals surface area (Å²) in [6.45, 7) is 7.07. The molecule has 132 valence electrons. The van der Waals surface area contributed by atoms with E-state index < -0.39 is 0 Å². The van der Waals surface area contributed by atoms with Gasteiger partial charge in [-0.1, -0.05) is 20.8 Å². The summed E-state index contributed by atoms with van der Waals surface area (Å²) < 4.78 is 0. The minimum absolute atomic E-state index is 0.00544. The molecule has 1 fully saturated rings. The molecule has 1 saturated carbocycles. The predicted molar refractivity (Wildman–Crippen MR) is 89.3 cm³/mol. The Labute approximate surface area is 140 Å². The molecule has 4 N–H and O–H groups in total. The van der Waals surface area contributed by atoms with E-state index in [1.165, 1.54) is 6.07 Å². The van der Waals surface area contributed by atoms with Crippen LogP contribution in [0.1, 0.15) is 45.7 Å². The Morgan fingerprint density at radius 3 is 2.75 bits per heavy atom. The van der Waals surface area contributed by atoms with E-state index in [0.29, 0.717) is 12.2 Å². The molecule has 2 amide bonds. The lowest BCUT2D eigenvalue weighted by Gasteiger charge is -2.46. The van der Waals surface area contributed by atoms with Crippen LogP contribution in [0.25, 0.3) is 0 Å². The molecule has 0 spiro atoms. The number of isocyanates is 1. The largest absolute Gasteiger partial charge is 0.335 e. The van der Waals surface area contributed by atoms with E-state index in [4.69, 9.17) is 0 Å². The number of aromatic nitrogens is 2. The van der Waals surface area contributed by atoms with Crippen molar-refractivity contribution >= 4 is 12.1 Å². The monoisotopic (exact) mass is 335 g/mol. The number of hydrogen-bond acceptors (Lipinski definition) is 4. The van der Waals surface area contributed by atoms with E-state index >= 15 is 0 Å². The number of nitrogens with zero attached hydrogens (tertiary/aromatic N) is 1. The van der Waals surface area contributed by atoms with Crippen LogP contribution in [-0.4, -0.2) is 34.9 Å². The smallest absolute Gasteiger partial charge is 0.315 e. The van der Waals surface area contributed by atoms with Gasteiger partial charge in [0.15, 0.2) is 0 Å². The van der Waals surface area contributed by atoms with Crippen molar-refractivity contribution in [2.45, 2.75) is 52.6 Å². The van der Waals surface area contributed by atoms with Crippen molar-refractivity contribution < 1.29 is 9.59 Å². The van der Waals surface area contributed by atoms with Crippen LogP contribution in [0.4, 0.5) is 4.79 Å². The van der Waals surface area contributed by atoms with E-state index in [0.717, 1.165) is 19.3 Å². The number of carbonyl (C=O) groups is 1. The predicted octanol–water partition coefficient (Wildman–Crippen LogP) is 1.42. The number of hydrogen-bond donors (Lipinski definition) is 4. The fourth-order valence-corrected chi connectivity index (χ4v) is 3.96. The Morgan fingerprint density at radius 1 is 1.38 bits per heavy atom. The second kappa shape index (κ2) is 7.05. The van der Waals surface area contributed by atoms with Crippen molar-refractivity contribution in [3.05, 3.63) is 22.1 Å². The summed E-state index contributed by atoms with van der Waals surface area (Å²) >= 11 is 0. The van der Waals surface area contributed by atoms with Crippen molar-refractivity contribution in [3.8, 4) is 0 Å². The number of aromatic amines is 2. The molecule has 0 radical (unpaired) electrons. The highest BCUT2D eigenvalue weighted by Gasteiger charge is 2.41. The van der Waals surface area contributed by atoms with Gasteiger partial charge in [-0.3, -0.25) is 9.89 Å². The van der Waals surface area contributed by atoms with Gasteiger partial charge in [0.05, 0.1) is 18.8 Å². The summed E-state index contributed by atoms with van der Waals surface area (Å²) in [6.07, 6.45) is 4.17. The Balaban J connectivity index is 1.93. The average molecular weight is 335 g/mol. The van der Waals surface area contributed by atoms with Crippen LogP contribution in [-0.2, 0) is 11.3 Å². The molecule has 0 aromatic carbocycles. The molecule has 8 heteroatoms. The van der Waals surface area contributed by atoms with Gasteiger partial charge in [-0.2, -0.15) is 0 Å². The van der Waals surface area contributed by atoms with Gasteiger partial charge >= 0.3 is 6.03 Å². The molecule has 1 aliphatic rings. The third kappa shape index (κ3) is 5.09. The summed E-state index contributed by atoms with van der Waals surface area (Å²) in [5.41, 5.74) is 0.301.